The minimum absolute atomic E-state index is 0.0530. The van der Waals surface area contributed by atoms with Crippen molar-refractivity contribution in [2.45, 2.75) is 18.4 Å². The summed E-state index contributed by atoms with van der Waals surface area (Å²) in [6.45, 7) is 0. The van der Waals surface area contributed by atoms with Crippen molar-refractivity contribution in [3.05, 3.63) is 75.3 Å². The number of aromatic carboxylic acids is 1. The lowest BCUT2D eigenvalue weighted by atomic mass is 9.76. The predicted octanol–water partition coefficient (Wildman–Crippen LogP) is 5.52. The zero-order chi connectivity index (χ0) is 16.8. The van der Waals surface area contributed by atoms with E-state index in [1.807, 2.05) is 24.3 Å². The van der Waals surface area contributed by atoms with Crippen molar-refractivity contribution in [3.63, 3.8) is 0 Å². The molecule has 1 aliphatic heterocycles. The number of anilines is 1. The Morgan fingerprint density at radius 1 is 1.17 bits per heavy atom. The minimum Gasteiger partial charge on any atom is -0.478 e. The van der Waals surface area contributed by atoms with E-state index in [1.165, 1.54) is 0 Å². The minimum atomic E-state index is -0.930. The fraction of sp³-hybridized carbons (Fsp3) is 0.211. The molecule has 2 N–H and O–H groups in total. The van der Waals surface area contributed by atoms with E-state index in [-0.39, 0.29) is 12.0 Å². The Balaban J connectivity index is 1.86. The fourth-order valence-electron chi connectivity index (χ4n) is 3.86. The second kappa shape index (κ2) is 5.83. The third-order valence-corrected chi connectivity index (χ3v) is 5.49. The highest BCUT2D eigenvalue weighted by molar-refractivity contribution is 6.35. The Morgan fingerprint density at radius 2 is 2.00 bits per heavy atom. The number of carbonyl (C=O) groups is 1. The molecular formula is C19H15Cl2NO2. The summed E-state index contributed by atoms with van der Waals surface area (Å²) < 4.78 is 0. The maximum atomic E-state index is 11.6. The summed E-state index contributed by atoms with van der Waals surface area (Å²) >= 11 is 12.4. The number of allylic oxidation sites excluding steroid dienone is 2. The van der Waals surface area contributed by atoms with E-state index in [0.717, 1.165) is 17.5 Å². The van der Waals surface area contributed by atoms with Gasteiger partial charge in [-0.3, -0.25) is 0 Å². The summed E-state index contributed by atoms with van der Waals surface area (Å²) in [5.74, 6) is -0.432. The first kappa shape index (κ1) is 15.6. The quantitative estimate of drug-likeness (QED) is 0.694. The second-order valence-electron chi connectivity index (χ2n) is 6.22. The number of fused-ring (bicyclic) bond motifs is 3. The van der Waals surface area contributed by atoms with Gasteiger partial charge >= 0.3 is 5.97 Å². The Morgan fingerprint density at radius 3 is 2.75 bits per heavy atom. The normalized spacial score (nSPS) is 24.2. The molecule has 0 aromatic heterocycles. The van der Waals surface area contributed by atoms with Gasteiger partial charge in [0.15, 0.2) is 0 Å². The number of hydrogen-bond donors (Lipinski definition) is 2. The molecule has 24 heavy (non-hydrogen) atoms. The van der Waals surface area contributed by atoms with Gasteiger partial charge in [-0.05, 0) is 41.7 Å². The molecule has 0 radical (unpaired) electrons. The summed E-state index contributed by atoms with van der Waals surface area (Å²) in [5, 5.41) is 14.2. The van der Waals surface area contributed by atoms with Gasteiger partial charge < -0.3 is 10.4 Å². The molecule has 2 aromatic carbocycles. The van der Waals surface area contributed by atoms with Crippen molar-refractivity contribution < 1.29 is 9.90 Å². The number of benzene rings is 2. The van der Waals surface area contributed by atoms with Gasteiger partial charge in [-0.2, -0.15) is 0 Å². The standard InChI is InChI=1S/C19H15Cl2NO2/c20-10-7-8-14(16(21)9-10)17-12-4-1-3-11(12)13-5-2-6-15(19(23)24)18(13)22-17/h1-3,5-9,11-12,17,22H,4H2,(H,23,24)/t11-,12+,17+/m0/s1. The molecule has 2 aromatic rings. The third kappa shape index (κ3) is 2.40. The van der Waals surface area contributed by atoms with Crippen LogP contribution < -0.4 is 5.32 Å². The molecular weight excluding hydrogens is 345 g/mol. The van der Waals surface area contributed by atoms with Crippen LogP contribution in [0.15, 0.2) is 48.6 Å². The highest BCUT2D eigenvalue weighted by atomic mass is 35.5. The van der Waals surface area contributed by atoms with Crippen LogP contribution in [0.5, 0.6) is 0 Å². The number of carboxylic acid groups (broad SMARTS) is 1. The molecule has 0 saturated carbocycles. The van der Waals surface area contributed by atoms with Gasteiger partial charge in [0.1, 0.15) is 0 Å². The third-order valence-electron chi connectivity index (χ3n) is 4.92. The number of para-hydroxylation sites is 1. The molecule has 0 bridgehead atoms. The van der Waals surface area contributed by atoms with Gasteiger partial charge in [0.25, 0.3) is 0 Å². The van der Waals surface area contributed by atoms with Crippen molar-refractivity contribution in [2.75, 3.05) is 5.32 Å². The molecule has 4 rings (SSSR count). The molecule has 5 heteroatoms. The van der Waals surface area contributed by atoms with Crippen molar-refractivity contribution in [1.29, 1.82) is 0 Å². The van der Waals surface area contributed by atoms with Crippen LogP contribution in [0, 0.1) is 5.92 Å². The number of hydrogen-bond acceptors (Lipinski definition) is 2. The first-order chi connectivity index (χ1) is 11.6. The van der Waals surface area contributed by atoms with Gasteiger partial charge in [-0.15, -0.1) is 0 Å². The smallest absolute Gasteiger partial charge is 0.337 e. The lowest BCUT2D eigenvalue weighted by Gasteiger charge is -2.38. The maximum Gasteiger partial charge on any atom is 0.337 e. The van der Waals surface area contributed by atoms with Crippen LogP contribution in [-0.4, -0.2) is 11.1 Å². The van der Waals surface area contributed by atoms with E-state index in [4.69, 9.17) is 23.2 Å². The number of carboxylic acids is 1. The summed E-state index contributed by atoms with van der Waals surface area (Å²) in [4.78, 5) is 11.6. The van der Waals surface area contributed by atoms with E-state index >= 15 is 0 Å². The average Bonchev–Trinajstić information content (AvgIpc) is 3.03. The van der Waals surface area contributed by atoms with Crippen LogP contribution in [0.1, 0.15) is 39.9 Å². The molecule has 2 aliphatic rings. The molecule has 0 fully saturated rings. The Hall–Kier alpha value is -1.97. The summed E-state index contributed by atoms with van der Waals surface area (Å²) in [6, 6.07) is 10.9. The zero-order valence-electron chi connectivity index (χ0n) is 12.7. The van der Waals surface area contributed by atoms with Gasteiger partial charge in [0.05, 0.1) is 17.3 Å². The first-order valence-electron chi connectivity index (χ1n) is 7.80. The average molecular weight is 360 g/mol. The van der Waals surface area contributed by atoms with Crippen LogP contribution >= 0.6 is 23.2 Å². The van der Waals surface area contributed by atoms with E-state index < -0.39 is 5.97 Å². The molecule has 1 aliphatic carbocycles. The largest absolute Gasteiger partial charge is 0.478 e. The summed E-state index contributed by atoms with van der Waals surface area (Å²) in [5.41, 5.74) is 2.97. The van der Waals surface area contributed by atoms with Crippen LogP contribution in [0.4, 0.5) is 5.69 Å². The lowest BCUT2D eigenvalue weighted by molar-refractivity contribution is 0.0697. The number of halogens is 2. The molecule has 0 spiro atoms. The highest BCUT2D eigenvalue weighted by Gasteiger charge is 2.39. The first-order valence-corrected chi connectivity index (χ1v) is 8.56. The summed E-state index contributed by atoms with van der Waals surface area (Å²) in [7, 11) is 0. The van der Waals surface area contributed by atoms with Crippen LogP contribution in [0.3, 0.4) is 0 Å². The lowest BCUT2D eigenvalue weighted by Crippen LogP contribution is -2.30. The van der Waals surface area contributed by atoms with Crippen molar-refractivity contribution >= 4 is 34.9 Å². The molecule has 3 nitrogen and oxygen atoms in total. The Labute approximate surface area is 149 Å². The maximum absolute atomic E-state index is 11.6. The van der Waals surface area contributed by atoms with E-state index in [9.17, 15) is 9.90 Å². The Bertz CT molecular complexity index is 862. The van der Waals surface area contributed by atoms with E-state index in [0.29, 0.717) is 27.2 Å². The molecule has 1 heterocycles. The van der Waals surface area contributed by atoms with Crippen LogP contribution in [0.25, 0.3) is 0 Å². The van der Waals surface area contributed by atoms with Crippen LogP contribution in [0.2, 0.25) is 10.0 Å². The molecule has 122 valence electrons. The van der Waals surface area contributed by atoms with Crippen LogP contribution in [-0.2, 0) is 0 Å². The fourth-order valence-corrected chi connectivity index (χ4v) is 4.39. The van der Waals surface area contributed by atoms with Crippen molar-refractivity contribution in [3.8, 4) is 0 Å². The van der Waals surface area contributed by atoms with E-state index in [2.05, 4.69) is 17.5 Å². The van der Waals surface area contributed by atoms with Crippen molar-refractivity contribution in [1.82, 2.24) is 0 Å². The van der Waals surface area contributed by atoms with Crippen molar-refractivity contribution in [2.24, 2.45) is 5.92 Å². The van der Waals surface area contributed by atoms with Gasteiger partial charge in [-0.1, -0.05) is 53.6 Å². The molecule has 0 unspecified atom stereocenters. The zero-order valence-corrected chi connectivity index (χ0v) is 14.2. The Kier molecular flexibility index (Phi) is 3.78. The molecule has 3 atom stereocenters. The molecule has 0 amide bonds. The highest BCUT2D eigenvalue weighted by Crippen LogP contribution is 2.51. The topological polar surface area (TPSA) is 49.3 Å². The predicted molar refractivity (Wildman–Crippen MR) is 96.2 cm³/mol. The monoisotopic (exact) mass is 359 g/mol. The molecule has 0 saturated heterocycles. The second-order valence-corrected chi connectivity index (χ2v) is 7.06. The van der Waals surface area contributed by atoms with Gasteiger partial charge in [0, 0.05) is 16.0 Å². The SMILES string of the molecule is O=C(O)c1cccc2c1N[C@@H](c1ccc(Cl)cc1Cl)[C@@H]1CC=C[C@H]21. The van der Waals surface area contributed by atoms with Gasteiger partial charge in [0.2, 0.25) is 0 Å². The number of rotatable bonds is 2. The van der Waals surface area contributed by atoms with Gasteiger partial charge in [-0.25, -0.2) is 4.79 Å². The summed E-state index contributed by atoms with van der Waals surface area (Å²) in [6.07, 6.45) is 5.27. The number of nitrogens with one attached hydrogen (secondary N) is 1. The van der Waals surface area contributed by atoms with E-state index in [1.54, 1.807) is 12.1 Å².